The van der Waals surface area contributed by atoms with Crippen LogP contribution in [0.15, 0.2) is 18.2 Å². The lowest BCUT2D eigenvalue weighted by molar-refractivity contribution is -0.385. The number of phenols is 2. The zero-order chi connectivity index (χ0) is 25.5. The first-order valence-corrected chi connectivity index (χ1v) is 12.3. The van der Waals surface area contributed by atoms with Crippen molar-refractivity contribution in [3.63, 3.8) is 0 Å². The van der Waals surface area contributed by atoms with Gasteiger partial charge in [0, 0.05) is 24.8 Å². The lowest BCUT2D eigenvalue weighted by atomic mass is 9.81. The van der Waals surface area contributed by atoms with Gasteiger partial charge < -0.3 is 20.8 Å². The molecular weight excluding hydrogens is 450 g/mol. The fourth-order valence-corrected chi connectivity index (χ4v) is 4.40. The highest BCUT2D eigenvalue weighted by Crippen LogP contribution is 2.45. The summed E-state index contributed by atoms with van der Waals surface area (Å²) in [5.74, 6) is -2.54. The first-order chi connectivity index (χ1) is 16.8. The number of aromatic hydroxyl groups is 2. The molecule has 3 rings (SSSR count). The maximum absolute atomic E-state index is 13.5. The number of nitrogens with zero attached hydrogens (tertiary/aromatic N) is 1. The quantitative estimate of drug-likeness (QED) is 0.0789. The van der Waals surface area contributed by atoms with Gasteiger partial charge in [-0.2, -0.15) is 0 Å². The third-order valence-corrected chi connectivity index (χ3v) is 6.26. The number of phenolic OH excluding ortho intramolecular Hbond substituents is 2. The van der Waals surface area contributed by atoms with Gasteiger partial charge in [-0.3, -0.25) is 19.7 Å². The number of anilines is 2. The average molecular weight is 484 g/mol. The first-order valence-electron chi connectivity index (χ1n) is 12.3. The summed E-state index contributed by atoms with van der Waals surface area (Å²) in [6, 6.07) is 3.62. The average Bonchev–Trinajstić information content (AvgIpc) is 2.83. The van der Waals surface area contributed by atoms with Crippen molar-refractivity contribution in [3.05, 3.63) is 50.6 Å². The third kappa shape index (κ3) is 5.39. The van der Waals surface area contributed by atoms with Crippen molar-refractivity contribution in [2.75, 3.05) is 23.7 Å². The normalized spacial score (nSPS) is 12.3. The number of hydrogen-bond donors (Lipinski definition) is 4. The minimum Gasteiger partial charge on any atom is -0.507 e. The number of ketones is 2. The van der Waals surface area contributed by atoms with Crippen LogP contribution in [0.3, 0.4) is 0 Å². The summed E-state index contributed by atoms with van der Waals surface area (Å²) >= 11 is 0. The van der Waals surface area contributed by atoms with E-state index in [0.29, 0.717) is 18.8 Å². The Balaban J connectivity index is 2.07. The summed E-state index contributed by atoms with van der Waals surface area (Å²) in [4.78, 5) is 37.8. The summed E-state index contributed by atoms with van der Waals surface area (Å²) < 4.78 is 0. The summed E-state index contributed by atoms with van der Waals surface area (Å²) in [7, 11) is 0. The fourth-order valence-electron chi connectivity index (χ4n) is 4.40. The van der Waals surface area contributed by atoms with Crippen molar-refractivity contribution in [3.8, 4) is 11.5 Å². The number of fused-ring (bicyclic) bond motifs is 2. The molecule has 0 atom stereocenters. The zero-order valence-electron chi connectivity index (χ0n) is 20.3. The molecule has 0 radical (unpaired) electrons. The molecule has 2 aromatic rings. The van der Waals surface area contributed by atoms with E-state index in [-0.39, 0.29) is 16.8 Å². The van der Waals surface area contributed by atoms with E-state index >= 15 is 0 Å². The number of rotatable bonds is 13. The molecule has 0 saturated carbocycles. The van der Waals surface area contributed by atoms with Gasteiger partial charge in [0.15, 0.2) is 5.75 Å². The fraction of sp³-hybridized carbons (Fsp3) is 0.462. The molecule has 0 amide bonds. The van der Waals surface area contributed by atoms with Crippen molar-refractivity contribution in [2.24, 2.45) is 0 Å². The molecule has 0 saturated heterocycles. The Morgan fingerprint density at radius 2 is 1.34 bits per heavy atom. The molecule has 0 aliphatic heterocycles. The summed E-state index contributed by atoms with van der Waals surface area (Å²) in [5, 5.41) is 39.3. The van der Waals surface area contributed by atoms with Gasteiger partial charge in [0.25, 0.3) is 5.69 Å². The van der Waals surface area contributed by atoms with Crippen molar-refractivity contribution in [1.29, 1.82) is 0 Å². The van der Waals surface area contributed by atoms with Crippen LogP contribution < -0.4 is 10.6 Å². The molecule has 9 heteroatoms. The van der Waals surface area contributed by atoms with Crippen LogP contribution in [0.25, 0.3) is 0 Å². The standard InChI is InChI=1S/C26H33N3O6/c1-3-5-7-9-13-27-16-15-17(28-14-10-8-6-4-2)24(31)23-20(16)25(32)22-19(30)12-11-18(29(34)35)21(22)26(23)33/h11-12,15,27-28,30-31H,3-10,13-14H2,1-2H3. The molecule has 35 heavy (non-hydrogen) atoms. The molecule has 0 bridgehead atoms. The maximum Gasteiger partial charge on any atom is 0.281 e. The maximum atomic E-state index is 13.5. The van der Waals surface area contributed by atoms with Gasteiger partial charge in [0.1, 0.15) is 11.3 Å². The van der Waals surface area contributed by atoms with Crippen molar-refractivity contribution in [1.82, 2.24) is 0 Å². The molecule has 0 spiro atoms. The Bertz CT molecular complexity index is 1130. The topological polar surface area (TPSA) is 142 Å². The number of nitrogens with one attached hydrogen (secondary N) is 2. The van der Waals surface area contributed by atoms with Crippen LogP contribution >= 0.6 is 0 Å². The van der Waals surface area contributed by atoms with Crippen LogP contribution in [0, 0.1) is 10.1 Å². The Morgan fingerprint density at radius 1 is 0.771 bits per heavy atom. The monoisotopic (exact) mass is 483 g/mol. The molecule has 1 aliphatic carbocycles. The lowest BCUT2D eigenvalue weighted by Crippen LogP contribution is -2.25. The Labute approximate surface area is 204 Å². The highest BCUT2D eigenvalue weighted by Gasteiger charge is 2.41. The van der Waals surface area contributed by atoms with Crippen LogP contribution in [-0.4, -0.2) is 39.8 Å². The van der Waals surface area contributed by atoms with E-state index in [2.05, 4.69) is 24.5 Å². The van der Waals surface area contributed by atoms with E-state index in [4.69, 9.17) is 0 Å². The highest BCUT2D eigenvalue weighted by atomic mass is 16.6. The van der Waals surface area contributed by atoms with E-state index < -0.39 is 44.8 Å². The van der Waals surface area contributed by atoms with Crippen LogP contribution in [0.5, 0.6) is 11.5 Å². The molecule has 0 aromatic heterocycles. The second kappa shape index (κ2) is 11.7. The molecule has 1 aliphatic rings. The number of hydrogen-bond acceptors (Lipinski definition) is 8. The molecular formula is C26H33N3O6. The SMILES string of the molecule is CCCCCCNc1cc(NCCCCCC)c2c(c1O)C(=O)c1c([N+](=O)[O-])ccc(O)c1C2=O. The first kappa shape index (κ1) is 26.0. The summed E-state index contributed by atoms with van der Waals surface area (Å²) in [6.07, 6.45) is 8.02. The van der Waals surface area contributed by atoms with Crippen molar-refractivity contribution >= 4 is 28.6 Å². The number of benzene rings is 2. The summed E-state index contributed by atoms with van der Waals surface area (Å²) in [5.41, 5.74) is -1.24. The van der Waals surface area contributed by atoms with E-state index in [1.54, 1.807) is 6.07 Å². The molecule has 2 aromatic carbocycles. The molecule has 0 unspecified atom stereocenters. The smallest absolute Gasteiger partial charge is 0.281 e. The van der Waals surface area contributed by atoms with E-state index in [0.717, 1.165) is 63.5 Å². The zero-order valence-corrected chi connectivity index (χ0v) is 20.3. The number of nitro groups is 1. The minimum atomic E-state index is -0.863. The molecule has 9 nitrogen and oxygen atoms in total. The summed E-state index contributed by atoms with van der Waals surface area (Å²) in [6.45, 7) is 5.32. The highest BCUT2D eigenvalue weighted by molar-refractivity contribution is 6.33. The second-order valence-electron chi connectivity index (χ2n) is 8.81. The predicted octanol–water partition coefficient (Wildman–Crippen LogP) is 5.77. The van der Waals surface area contributed by atoms with Gasteiger partial charge >= 0.3 is 0 Å². The number of nitro benzene ring substituents is 1. The van der Waals surface area contributed by atoms with Crippen LogP contribution in [0.1, 0.15) is 97.1 Å². The molecule has 188 valence electrons. The van der Waals surface area contributed by atoms with E-state index in [1.165, 1.54) is 0 Å². The predicted molar refractivity (Wildman–Crippen MR) is 135 cm³/mol. The number of unbranched alkanes of at least 4 members (excludes halogenated alkanes) is 6. The number of carbonyl (C=O) groups excluding carboxylic acids is 2. The van der Waals surface area contributed by atoms with E-state index in [1.807, 2.05) is 0 Å². The third-order valence-electron chi connectivity index (χ3n) is 6.26. The van der Waals surface area contributed by atoms with Gasteiger partial charge in [-0.25, -0.2) is 0 Å². The number of carbonyl (C=O) groups is 2. The van der Waals surface area contributed by atoms with Gasteiger partial charge in [0.2, 0.25) is 11.6 Å². The largest absolute Gasteiger partial charge is 0.507 e. The Hall–Kier alpha value is -3.62. The van der Waals surface area contributed by atoms with E-state index in [9.17, 15) is 29.9 Å². The molecule has 4 N–H and O–H groups in total. The minimum absolute atomic E-state index is 0.0807. The molecule has 0 heterocycles. The van der Waals surface area contributed by atoms with Crippen LogP contribution in [0.4, 0.5) is 17.1 Å². The van der Waals surface area contributed by atoms with Gasteiger partial charge in [-0.1, -0.05) is 52.4 Å². The van der Waals surface area contributed by atoms with Crippen LogP contribution in [0.2, 0.25) is 0 Å². The van der Waals surface area contributed by atoms with Crippen molar-refractivity contribution < 1.29 is 24.7 Å². The Morgan fingerprint density at radius 3 is 1.91 bits per heavy atom. The van der Waals surface area contributed by atoms with Gasteiger partial charge in [-0.15, -0.1) is 0 Å². The Kier molecular flexibility index (Phi) is 8.68. The second-order valence-corrected chi connectivity index (χ2v) is 8.81. The van der Waals surface area contributed by atoms with Gasteiger partial charge in [0.05, 0.1) is 27.3 Å². The lowest BCUT2D eigenvalue weighted by Gasteiger charge is -2.24. The van der Waals surface area contributed by atoms with Crippen molar-refractivity contribution in [2.45, 2.75) is 65.2 Å². The molecule has 0 fully saturated rings. The van der Waals surface area contributed by atoms with Crippen LogP contribution in [-0.2, 0) is 0 Å². The van der Waals surface area contributed by atoms with Gasteiger partial charge in [-0.05, 0) is 25.0 Å².